The molecule has 0 radical (unpaired) electrons. The lowest BCUT2D eigenvalue weighted by Crippen LogP contribution is -2.32. The van der Waals surface area contributed by atoms with Crippen molar-refractivity contribution in [2.45, 2.75) is 116 Å². The summed E-state index contributed by atoms with van der Waals surface area (Å²) in [5, 5.41) is 7.05. The second-order valence-electron chi connectivity index (χ2n) is 9.93. The summed E-state index contributed by atoms with van der Waals surface area (Å²) in [6.07, 6.45) is 30.0. The van der Waals surface area contributed by atoms with Crippen LogP contribution in [0.1, 0.15) is 104 Å². The van der Waals surface area contributed by atoms with E-state index in [2.05, 4.69) is 73.1 Å². The minimum absolute atomic E-state index is 0.109. The summed E-state index contributed by atoms with van der Waals surface area (Å²) in [6.45, 7) is 6.61. The van der Waals surface area contributed by atoms with Gasteiger partial charge in [-0.25, -0.2) is 0 Å². The Balaban J connectivity index is 2.52. The topological polar surface area (TPSA) is 76.7 Å². The zero-order valence-corrected chi connectivity index (χ0v) is 24.1. The second kappa shape index (κ2) is 25.1. The van der Waals surface area contributed by atoms with Gasteiger partial charge in [-0.3, -0.25) is 9.59 Å². The van der Waals surface area contributed by atoms with Crippen molar-refractivity contribution in [2.75, 3.05) is 26.3 Å². The van der Waals surface area contributed by atoms with Gasteiger partial charge in [-0.15, -0.1) is 0 Å². The van der Waals surface area contributed by atoms with E-state index in [9.17, 15) is 9.59 Å². The maximum Gasteiger partial charge on any atom is 0.305 e. The molecule has 1 rings (SSSR count). The lowest BCUT2D eigenvalue weighted by molar-refractivity contribution is -0.144. The van der Waals surface area contributed by atoms with E-state index >= 15 is 0 Å². The van der Waals surface area contributed by atoms with Gasteiger partial charge in [0.1, 0.15) is 13.2 Å². The molecular formula is C32H54N2O4. The molecule has 0 aromatic heterocycles. The monoisotopic (exact) mass is 530 g/mol. The molecule has 0 aliphatic carbocycles. The number of allylic oxidation sites excluding steroid dienone is 6. The van der Waals surface area contributed by atoms with E-state index in [1.165, 1.54) is 0 Å². The molecule has 0 aromatic rings. The van der Waals surface area contributed by atoms with Crippen molar-refractivity contribution >= 4 is 11.9 Å². The van der Waals surface area contributed by atoms with Crippen molar-refractivity contribution in [3.05, 3.63) is 48.6 Å². The molecule has 0 spiro atoms. The maximum atomic E-state index is 12.0. The van der Waals surface area contributed by atoms with Gasteiger partial charge in [0, 0.05) is 38.0 Å². The summed E-state index contributed by atoms with van der Waals surface area (Å²) >= 11 is 0. The molecule has 0 saturated heterocycles. The van der Waals surface area contributed by atoms with Crippen LogP contribution in [0.25, 0.3) is 0 Å². The van der Waals surface area contributed by atoms with Crippen LogP contribution < -0.4 is 10.6 Å². The SMILES string of the molecule is CCC[C@H]1C/C=C\C/C=C\CCCC(=O)OCCN[C@@H](CCC)C/C=C\C/C=C\CCCC(=O)OCCN1. The van der Waals surface area contributed by atoms with E-state index in [1.54, 1.807) is 0 Å². The zero-order chi connectivity index (χ0) is 27.5. The van der Waals surface area contributed by atoms with Crippen LogP contribution in [0.2, 0.25) is 0 Å². The number of esters is 2. The van der Waals surface area contributed by atoms with Crippen LogP contribution in [-0.2, 0) is 19.1 Å². The van der Waals surface area contributed by atoms with E-state index < -0.39 is 0 Å². The molecule has 6 heteroatoms. The quantitative estimate of drug-likeness (QED) is 0.310. The van der Waals surface area contributed by atoms with Gasteiger partial charge in [0.2, 0.25) is 0 Å². The van der Waals surface area contributed by atoms with Crippen LogP contribution in [0.5, 0.6) is 0 Å². The van der Waals surface area contributed by atoms with Gasteiger partial charge in [0.15, 0.2) is 0 Å². The third kappa shape index (κ3) is 20.8. The van der Waals surface area contributed by atoms with Crippen LogP contribution >= 0.6 is 0 Å². The highest BCUT2D eigenvalue weighted by Gasteiger charge is 2.07. The first-order chi connectivity index (χ1) is 18.7. The summed E-state index contributed by atoms with van der Waals surface area (Å²) < 4.78 is 10.8. The molecule has 2 N–H and O–H groups in total. The average molecular weight is 531 g/mol. The van der Waals surface area contributed by atoms with Crippen molar-refractivity contribution in [3.63, 3.8) is 0 Å². The van der Waals surface area contributed by atoms with Gasteiger partial charge >= 0.3 is 11.9 Å². The Morgan fingerprint density at radius 2 is 1.08 bits per heavy atom. The molecule has 0 aromatic carbocycles. The molecule has 2 atom stereocenters. The third-order valence-electron chi connectivity index (χ3n) is 6.43. The fourth-order valence-electron chi connectivity index (χ4n) is 4.33. The minimum atomic E-state index is -0.109. The standard InChI is InChI=1S/C32H54N2O4/c1-3-19-29-21-15-11-7-5-9-13-18-24-32(36)38-28-26-34-30(20-4-2)22-16-12-8-6-10-14-17-23-31(35)37-27-25-33-29/h5-6,9-12,15-16,29-30,33-34H,3-4,7-8,13-14,17-28H2,1-2H3/b9-5-,10-6-,15-11-,16-12-/t29-,30-/m0/s1. The molecule has 38 heavy (non-hydrogen) atoms. The fraction of sp³-hybridized carbons (Fsp3) is 0.688. The summed E-state index contributed by atoms with van der Waals surface area (Å²) in [4.78, 5) is 24.0. The molecule has 0 saturated carbocycles. The smallest absolute Gasteiger partial charge is 0.305 e. The lowest BCUT2D eigenvalue weighted by Gasteiger charge is -2.16. The minimum Gasteiger partial charge on any atom is -0.464 e. The number of cyclic esters (lactones) is 2. The molecule has 0 fully saturated rings. The van der Waals surface area contributed by atoms with Crippen LogP contribution in [0.15, 0.2) is 48.6 Å². The molecule has 0 bridgehead atoms. The fourth-order valence-corrected chi connectivity index (χ4v) is 4.33. The molecule has 1 aliphatic heterocycles. The van der Waals surface area contributed by atoms with Crippen LogP contribution in [0, 0.1) is 0 Å². The highest BCUT2D eigenvalue weighted by molar-refractivity contribution is 5.69. The van der Waals surface area contributed by atoms with E-state index in [0.29, 0.717) is 51.2 Å². The van der Waals surface area contributed by atoms with Gasteiger partial charge in [-0.05, 0) is 64.2 Å². The van der Waals surface area contributed by atoms with Crippen LogP contribution in [-0.4, -0.2) is 50.3 Å². The number of carbonyl (C=O) groups is 2. The van der Waals surface area contributed by atoms with Crippen molar-refractivity contribution in [3.8, 4) is 0 Å². The average Bonchev–Trinajstić information content (AvgIpc) is 2.90. The number of ether oxygens (including phenoxy) is 2. The van der Waals surface area contributed by atoms with Crippen LogP contribution in [0.4, 0.5) is 0 Å². The van der Waals surface area contributed by atoms with Gasteiger partial charge in [0.05, 0.1) is 0 Å². The molecule has 1 heterocycles. The first-order valence-corrected chi connectivity index (χ1v) is 15.0. The van der Waals surface area contributed by atoms with Gasteiger partial charge in [-0.1, -0.05) is 75.3 Å². The van der Waals surface area contributed by atoms with Crippen molar-refractivity contribution < 1.29 is 19.1 Å². The van der Waals surface area contributed by atoms with Gasteiger partial charge < -0.3 is 20.1 Å². The van der Waals surface area contributed by atoms with Gasteiger partial charge in [-0.2, -0.15) is 0 Å². The number of hydrogen-bond acceptors (Lipinski definition) is 6. The molecule has 0 amide bonds. The van der Waals surface area contributed by atoms with Crippen molar-refractivity contribution in [1.29, 1.82) is 0 Å². The Morgan fingerprint density at radius 1 is 0.658 bits per heavy atom. The Hall–Kier alpha value is -2.18. The number of rotatable bonds is 4. The number of hydrogen-bond donors (Lipinski definition) is 2. The Labute approximate surface area is 232 Å². The Bertz CT molecular complexity index is 654. The second-order valence-corrected chi connectivity index (χ2v) is 9.93. The Kier molecular flexibility index (Phi) is 22.4. The predicted molar refractivity (Wildman–Crippen MR) is 158 cm³/mol. The Morgan fingerprint density at radius 3 is 1.50 bits per heavy atom. The zero-order valence-electron chi connectivity index (χ0n) is 24.1. The summed E-state index contributed by atoms with van der Waals surface area (Å²) in [5.74, 6) is -0.217. The van der Waals surface area contributed by atoms with Crippen LogP contribution in [0.3, 0.4) is 0 Å². The number of nitrogens with one attached hydrogen (secondary N) is 2. The maximum absolute atomic E-state index is 12.0. The highest BCUT2D eigenvalue weighted by atomic mass is 16.5. The summed E-state index contributed by atoms with van der Waals surface area (Å²) in [6, 6.07) is 0.800. The summed E-state index contributed by atoms with van der Waals surface area (Å²) in [5.41, 5.74) is 0. The molecule has 0 unspecified atom stereocenters. The van der Waals surface area contributed by atoms with E-state index in [0.717, 1.165) is 77.0 Å². The van der Waals surface area contributed by atoms with E-state index in [4.69, 9.17) is 9.47 Å². The highest BCUT2D eigenvalue weighted by Crippen LogP contribution is 2.06. The van der Waals surface area contributed by atoms with Gasteiger partial charge in [0.25, 0.3) is 0 Å². The van der Waals surface area contributed by atoms with Crippen molar-refractivity contribution in [2.24, 2.45) is 0 Å². The first-order valence-electron chi connectivity index (χ1n) is 15.0. The number of carbonyl (C=O) groups excluding carboxylic acids is 2. The molecule has 6 nitrogen and oxygen atoms in total. The normalized spacial score (nSPS) is 26.8. The largest absolute Gasteiger partial charge is 0.464 e. The first kappa shape index (κ1) is 33.8. The molecular weight excluding hydrogens is 476 g/mol. The lowest BCUT2D eigenvalue weighted by atomic mass is 10.1. The predicted octanol–water partition coefficient (Wildman–Crippen LogP) is 6.73. The summed E-state index contributed by atoms with van der Waals surface area (Å²) in [7, 11) is 0. The van der Waals surface area contributed by atoms with E-state index in [1.807, 2.05) is 0 Å². The third-order valence-corrected chi connectivity index (χ3v) is 6.43. The van der Waals surface area contributed by atoms with E-state index in [-0.39, 0.29) is 11.9 Å². The van der Waals surface area contributed by atoms with Crippen molar-refractivity contribution in [1.82, 2.24) is 10.6 Å². The molecule has 1 aliphatic rings. The molecule has 216 valence electrons.